The van der Waals surface area contributed by atoms with Gasteiger partial charge >= 0.3 is 0 Å². The first-order valence-corrected chi connectivity index (χ1v) is 9.57. The van der Waals surface area contributed by atoms with Gasteiger partial charge in [-0.15, -0.1) is 24.0 Å². The van der Waals surface area contributed by atoms with Gasteiger partial charge in [-0.2, -0.15) is 0 Å². The molecule has 0 atom stereocenters. The van der Waals surface area contributed by atoms with Crippen LogP contribution in [0.4, 0.5) is 5.69 Å². The molecule has 0 bridgehead atoms. The van der Waals surface area contributed by atoms with Gasteiger partial charge in [0, 0.05) is 35.4 Å². The topological polar surface area (TPSA) is 78.1 Å². The van der Waals surface area contributed by atoms with Gasteiger partial charge in [0.2, 0.25) is 0 Å². The monoisotopic (exact) mass is 531 g/mol. The van der Waals surface area contributed by atoms with Crippen LogP contribution in [0.2, 0.25) is 5.02 Å². The Labute approximate surface area is 193 Å². The Morgan fingerprint density at radius 2 is 1.83 bits per heavy atom. The quantitative estimate of drug-likeness (QED) is 0.327. The van der Waals surface area contributed by atoms with Gasteiger partial charge in [0.25, 0.3) is 0 Å². The number of nitrogens with zero attached hydrogens (tertiary/aromatic N) is 1. The van der Waals surface area contributed by atoms with Crippen molar-refractivity contribution in [2.45, 2.75) is 18.3 Å². The Morgan fingerprint density at radius 1 is 1.14 bits per heavy atom. The molecule has 1 aliphatic heterocycles. The number of rotatable bonds is 6. The van der Waals surface area contributed by atoms with Crippen molar-refractivity contribution in [3.8, 4) is 11.5 Å². The first-order chi connectivity index (χ1) is 13.6. The normalized spacial score (nSPS) is 15.9. The number of methoxy groups -OCH3 is 2. The van der Waals surface area contributed by atoms with Crippen LogP contribution in [0.1, 0.15) is 18.4 Å². The molecular formula is C21H27ClIN3O3. The van der Waals surface area contributed by atoms with Crippen LogP contribution in [0.3, 0.4) is 0 Å². The minimum absolute atomic E-state index is 0. The molecule has 0 amide bonds. The molecule has 0 spiro atoms. The van der Waals surface area contributed by atoms with Crippen molar-refractivity contribution >= 4 is 47.2 Å². The largest absolute Gasteiger partial charge is 0.493 e. The van der Waals surface area contributed by atoms with E-state index < -0.39 is 0 Å². The fourth-order valence-corrected chi connectivity index (χ4v) is 3.84. The first kappa shape index (κ1) is 23.6. The van der Waals surface area contributed by atoms with E-state index in [4.69, 9.17) is 31.5 Å². The van der Waals surface area contributed by atoms with Gasteiger partial charge in [0.1, 0.15) is 0 Å². The van der Waals surface area contributed by atoms with E-state index >= 15 is 0 Å². The molecule has 0 radical (unpaired) electrons. The smallest absolute Gasteiger partial charge is 0.193 e. The van der Waals surface area contributed by atoms with Crippen LogP contribution in [0.5, 0.6) is 11.5 Å². The molecule has 0 saturated carbocycles. The molecule has 3 N–H and O–H groups in total. The number of nitrogens with two attached hydrogens (primary N) is 1. The number of anilines is 1. The summed E-state index contributed by atoms with van der Waals surface area (Å²) in [4.78, 5) is 4.63. The Kier molecular flexibility index (Phi) is 8.85. The lowest BCUT2D eigenvalue weighted by atomic mass is 9.74. The van der Waals surface area contributed by atoms with E-state index in [-0.39, 0.29) is 29.4 Å². The number of halogens is 2. The summed E-state index contributed by atoms with van der Waals surface area (Å²) < 4.78 is 16.2. The Balaban J connectivity index is 0.00000300. The van der Waals surface area contributed by atoms with Crippen molar-refractivity contribution in [3.63, 3.8) is 0 Å². The van der Waals surface area contributed by atoms with Gasteiger partial charge in [0.05, 0.1) is 20.8 Å². The van der Waals surface area contributed by atoms with Crippen LogP contribution >= 0.6 is 35.6 Å². The van der Waals surface area contributed by atoms with Gasteiger partial charge < -0.3 is 25.3 Å². The molecule has 6 nitrogen and oxygen atoms in total. The maximum atomic E-state index is 6.49. The summed E-state index contributed by atoms with van der Waals surface area (Å²) in [7, 11) is 3.19. The molecule has 3 rings (SSSR count). The number of ether oxygens (including phenoxy) is 3. The van der Waals surface area contributed by atoms with Gasteiger partial charge in [-0.1, -0.05) is 29.8 Å². The predicted molar refractivity (Wildman–Crippen MR) is 128 cm³/mol. The number of aliphatic imine (C=N–C) groups is 1. The molecule has 2 aromatic rings. The van der Waals surface area contributed by atoms with Crippen LogP contribution < -0.4 is 20.5 Å². The zero-order valence-electron chi connectivity index (χ0n) is 16.6. The molecule has 1 saturated heterocycles. The highest BCUT2D eigenvalue weighted by atomic mass is 127. The number of nitrogens with one attached hydrogen (secondary N) is 1. The summed E-state index contributed by atoms with van der Waals surface area (Å²) in [6, 6.07) is 13.4. The fourth-order valence-electron chi connectivity index (χ4n) is 3.50. The third kappa shape index (κ3) is 5.67. The van der Waals surface area contributed by atoms with Crippen LogP contribution in [0.15, 0.2) is 47.5 Å². The molecule has 1 heterocycles. The van der Waals surface area contributed by atoms with E-state index in [2.05, 4.69) is 16.4 Å². The van der Waals surface area contributed by atoms with E-state index in [9.17, 15) is 0 Å². The lowest BCUT2D eigenvalue weighted by Gasteiger charge is -2.37. The predicted octanol–water partition coefficient (Wildman–Crippen LogP) is 4.45. The van der Waals surface area contributed by atoms with Crippen molar-refractivity contribution in [3.05, 3.63) is 53.1 Å². The molecule has 0 aliphatic carbocycles. The van der Waals surface area contributed by atoms with Gasteiger partial charge in [-0.25, -0.2) is 0 Å². The summed E-state index contributed by atoms with van der Waals surface area (Å²) >= 11 is 6.49. The van der Waals surface area contributed by atoms with Crippen LogP contribution in [-0.2, 0) is 10.2 Å². The van der Waals surface area contributed by atoms with Gasteiger partial charge in [0.15, 0.2) is 17.5 Å². The average molecular weight is 532 g/mol. The third-order valence-corrected chi connectivity index (χ3v) is 5.43. The number of benzene rings is 2. The Hall–Kier alpha value is -1.71. The van der Waals surface area contributed by atoms with Crippen molar-refractivity contribution < 1.29 is 14.2 Å². The number of hydrogen-bond donors (Lipinski definition) is 2. The number of hydrogen-bond acceptors (Lipinski definition) is 4. The SMILES string of the molecule is COc1ccc(NC(N)=NCC2(c3ccccc3Cl)CCOCC2)cc1OC.I. The van der Waals surface area contributed by atoms with E-state index in [1.165, 1.54) is 0 Å². The van der Waals surface area contributed by atoms with E-state index in [1.54, 1.807) is 14.2 Å². The molecule has 158 valence electrons. The van der Waals surface area contributed by atoms with Crippen molar-refractivity contribution in [1.82, 2.24) is 0 Å². The van der Waals surface area contributed by atoms with E-state index in [0.29, 0.717) is 37.2 Å². The zero-order chi connectivity index (χ0) is 20.0. The first-order valence-electron chi connectivity index (χ1n) is 9.20. The maximum absolute atomic E-state index is 6.49. The summed E-state index contributed by atoms with van der Waals surface area (Å²) in [6.45, 7) is 1.90. The second-order valence-electron chi connectivity index (χ2n) is 6.77. The molecule has 2 aromatic carbocycles. The van der Waals surface area contributed by atoms with Crippen molar-refractivity contribution in [2.24, 2.45) is 10.7 Å². The fraction of sp³-hybridized carbons (Fsp3) is 0.381. The van der Waals surface area contributed by atoms with Crippen molar-refractivity contribution in [2.75, 3.05) is 39.3 Å². The molecule has 8 heteroatoms. The number of guanidine groups is 1. The minimum Gasteiger partial charge on any atom is -0.493 e. The van der Waals surface area contributed by atoms with Crippen LogP contribution in [-0.4, -0.2) is 39.9 Å². The second-order valence-corrected chi connectivity index (χ2v) is 7.18. The van der Waals surface area contributed by atoms with Gasteiger partial charge in [-0.05, 0) is 36.6 Å². The lowest BCUT2D eigenvalue weighted by molar-refractivity contribution is 0.0532. The highest BCUT2D eigenvalue weighted by Gasteiger charge is 2.36. The highest BCUT2D eigenvalue weighted by Crippen LogP contribution is 2.39. The molecular weight excluding hydrogens is 505 g/mol. The summed E-state index contributed by atoms with van der Waals surface area (Å²) in [5.41, 5.74) is 7.86. The molecule has 29 heavy (non-hydrogen) atoms. The minimum atomic E-state index is -0.180. The van der Waals surface area contributed by atoms with Crippen LogP contribution in [0.25, 0.3) is 0 Å². The van der Waals surface area contributed by atoms with E-state index in [0.717, 1.165) is 29.1 Å². The summed E-state index contributed by atoms with van der Waals surface area (Å²) in [5, 5.41) is 3.87. The second kappa shape index (κ2) is 10.9. The van der Waals surface area contributed by atoms with Crippen molar-refractivity contribution in [1.29, 1.82) is 0 Å². The summed E-state index contributed by atoms with van der Waals surface area (Å²) in [5.74, 6) is 1.62. The van der Waals surface area contributed by atoms with Gasteiger partial charge in [-0.3, -0.25) is 4.99 Å². The maximum Gasteiger partial charge on any atom is 0.193 e. The molecule has 0 aromatic heterocycles. The zero-order valence-corrected chi connectivity index (χ0v) is 19.7. The molecule has 0 unspecified atom stereocenters. The summed E-state index contributed by atoms with van der Waals surface area (Å²) in [6.07, 6.45) is 1.70. The Morgan fingerprint density at radius 3 is 2.48 bits per heavy atom. The highest BCUT2D eigenvalue weighted by molar-refractivity contribution is 14.0. The van der Waals surface area contributed by atoms with E-state index in [1.807, 2.05) is 36.4 Å². The molecule has 1 fully saturated rings. The lowest BCUT2D eigenvalue weighted by Crippen LogP contribution is -2.38. The Bertz CT molecular complexity index is 842. The third-order valence-electron chi connectivity index (χ3n) is 5.10. The molecule has 1 aliphatic rings. The average Bonchev–Trinajstić information content (AvgIpc) is 2.73. The standard InChI is InChI=1S/C21H26ClN3O3.HI/c1-26-18-8-7-15(13-19(18)27-2)25-20(23)24-14-21(9-11-28-12-10-21)16-5-3-4-6-17(16)22;/h3-8,13H,9-12,14H2,1-2H3,(H3,23,24,25);1H. The van der Waals surface area contributed by atoms with Crippen LogP contribution in [0, 0.1) is 0 Å².